The van der Waals surface area contributed by atoms with E-state index < -0.39 is 18.6 Å². The summed E-state index contributed by atoms with van der Waals surface area (Å²) in [6.07, 6.45) is -2.00. The molecular formula is C11H19F3N2O2. The predicted molar refractivity (Wildman–Crippen MR) is 59.9 cm³/mol. The number of nitrogens with two attached hydrogens (primary N) is 1. The van der Waals surface area contributed by atoms with Gasteiger partial charge in [-0.05, 0) is 19.3 Å². The minimum atomic E-state index is -4.39. The molecule has 4 nitrogen and oxygen atoms in total. The number of ether oxygens (including phenoxy) is 1. The molecule has 106 valence electrons. The van der Waals surface area contributed by atoms with Crippen LogP contribution in [0.5, 0.6) is 0 Å². The third kappa shape index (κ3) is 5.68. The normalized spacial score (nSPS) is 20.8. The highest BCUT2D eigenvalue weighted by atomic mass is 19.4. The molecule has 0 aliphatic carbocycles. The summed E-state index contributed by atoms with van der Waals surface area (Å²) < 4.78 is 42.3. The van der Waals surface area contributed by atoms with Crippen LogP contribution >= 0.6 is 0 Å². The monoisotopic (exact) mass is 268 g/mol. The molecule has 1 rings (SSSR count). The van der Waals surface area contributed by atoms with Crippen LogP contribution < -0.4 is 5.73 Å². The van der Waals surface area contributed by atoms with Gasteiger partial charge in [0.2, 0.25) is 5.91 Å². The van der Waals surface area contributed by atoms with Crippen molar-refractivity contribution in [3.8, 4) is 0 Å². The Labute approximate surface area is 104 Å². The lowest BCUT2D eigenvalue weighted by Gasteiger charge is -2.27. The van der Waals surface area contributed by atoms with E-state index in [1.807, 2.05) is 0 Å². The Hall–Kier alpha value is -0.820. The molecule has 0 aromatic rings. The predicted octanol–water partition coefficient (Wildman–Crippen LogP) is 1.30. The van der Waals surface area contributed by atoms with E-state index in [0.717, 1.165) is 24.2 Å². The molecular weight excluding hydrogens is 249 g/mol. The zero-order valence-electron chi connectivity index (χ0n) is 10.2. The first kappa shape index (κ1) is 15.2. The Bertz CT molecular complexity index is 266. The summed E-state index contributed by atoms with van der Waals surface area (Å²) in [7, 11) is 0. The van der Waals surface area contributed by atoms with Gasteiger partial charge in [0.25, 0.3) is 0 Å². The molecule has 7 heteroatoms. The van der Waals surface area contributed by atoms with Crippen molar-refractivity contribution in [1.29, 1.82) is 0 Å². The van der Waals surface area contributed by atoms with Crippen LogP contribution in [0.2, 0.25) is 0 Å². The topological polar surface area (TPSA) is 55.6 Å². The highest BCUT2D eigenvalue weighted by Gasteiger charge is 2.33. The lowest BCUT2D eigenvalue weighted by atomic mass is 10.1. The number of carbonyl (C=O) groups is 1. The van der Waals surface area contributed by atoms with Crippen LogP contribution in [0.25, 0.3) is 0 Å². The molecule has 0 saturated carbocycles. The number of amides is 1. The molecule has 1 atom stereocenters. The molecule has 0 bridgehead atoms. The molecule has 2 N–H and O–H groups in total. The quantitative estimate of drug-likeness (QED) is 0.817. The van der Waals surface area contributed by atoms with Crippen LogP contribution in [-0.2, 0) is 9.53 Å². The first-order valence-corrected chi connectivity index (χ1v) is 6.08. The summed E-state index contributed by atoms with van der Waals surface area (Å²) in [5.41, 5.74) is 5.23. The zero-order chi connectivity index (χ0) is 13.6. The number of halogens is 3. The van der Waals surface area contributed by atoms with Gasteiger partial charge in [-0.25, -0.2) is 0 Å². The van der Waals surface area contributed by atoms with Crippen LogP contribution in [0.4, 0.5) is 13.2 Å². The number of rotatable bonds is 5. The van der Waals surface area contributed by atoms with Crippen molar-refractivity contribution in [3.63, 3.8) is 0 Å². The van der Waals surface area contributed by atoms with Gasteiger partial charge in [0.15, 0.2) is 0 Å². The third-order valence-electron chi connectivity index (χ3n) is 2.80. The van der Waals surface area contributed by atoms with Crippen molar-refractivity contribution in [2.24, 2.45) is 5.73 Å². The zero-order valence-corrected chi connectivity index (χ0v) is 10.2. The number of hydrogen-bond acceptors (Lipinski definition) is 3. The van der Waals surface area contributed by atoms with Crippen molar-refractivity contribution in [3.05, 3.63) is 0 Å². The molecule has 1 fully saturated rings. The van der Waals surface area contributed by atoms with E-state index in [0.29, 0.717) is 6.61 Å². The van der Waals surface area contributed by atoms with E-state index in [1.54, 1.807) is 0 Å². The molecule has 1 heterocycles. The molecule has 0 radical (unpaired) electrons. The van der Waals surface area contributed by atoms with E-state index in [-0.39, 0.29) is 25.6 Å². The van der Waals surface area contributed by atoms with E-state index >= 15 is 0 Å². The van der Waals surface area contributed by atoms with Gasteiger partial charge in [-0.1, -0.05) is 0 Å². The fourth-order valence-electron chi connectivity index (χ4n) is 1.96. The Morgan fingerprint density at radius 2 is 2.11 bits per heavy atom. The third-order valence-corrected chi connectivity index (χ3v) is 2.80. The van der Waals surface area contributed by atoms with Gasteiger partial charge in [-0.3, -0.25) is 4.79 Å². The van der Waals surface area contributed by atoms with Crippen molar-refractivity contribution in [2.45, 2.75) is 38.0 Å². The largest absolute Gasteiger partial charge is 0.406 e. The summed E-state index contributed by atoms with van der Waals surface area (Å²) in [4.78, 5) is 12.5. The first-order valence-electron chi connectivity index (χ1n) is 6.08. The van der Waals surface area contributed by atoms with Crippen molar-refractivity contribution in [1.82, 2.24) is 4.90 Å². The lowest BCUT2D eigenvalue weighted by Crippen LogP contribution is -2.43. The van der Waals surface area contributed by atoms with Gasteiger partial charge in [0.05, 0.1) is 12.5 Å². The molecule has 1 unspecified atom stereocenters. The molecule has 1 amide bonds. The van der Waals surface area contributed by atoms with Gasteiger partial charge in [-0.2, -0.15) is 13.2 Å². The Balaban J connectivity index is 2.47. The second kappa shape index (κ2) is 6.94. The van der Waals surface area contributed by atoms with Gasteiger partial charge in [-0.15, -0.1) is 0 Å². The lowest BCUT2D eigenvalue weighted by molar-refractivity contribution is -0.163. The second-order valence-corrected chi connectivity index (χ2v) is 4.41. The van der Waals surface area contributed by atoms with Gasteiger partial charge < -0.3 is 15.4 Å². The van der Waals surface area contributed by atoms with Crippen LogP contribution in [0.1, 0.15) is 25.7 Å². The van der Waals surface area contributed by atoms with Crippen LogP contribution in [-0.4, -0.2) is 49.3 Å². The van der Waals surface area contributed by atoms with Crippen molar-refractivity contribution in [2.75, 3.05) is 26.2 Å². The molecule has 0 aromatic carbocycles. The maximum Gasteiger partial charge on any atom is 0.406 e. The Morgan fingerprint density at radius 1 is 1.39 bits per heavy atom. The minimum Gasteiger partial charge on any atom is -0.378 e. The molecule has 0 aromatic heterocycles. The summed E-state index contributed by atoms with van der Waals surface area (Å²) >= 11 is 0. The number of alkyl halides is 3. The standard InChI is InChI=1S/C11H19F3N2O2/c12-11(13,14)8-16(5-4-15)10(17)7-9-3-1-2-6-18-9/h9H,1-8,15H2. The number of hydrogen-bond donors (Lipinski definition) is 1. The molecule has 1 saturated heterocycles. The molecule has 0 spiro atoms. The molecule has 1 aliphatic heterocycles. The van der Waals surface area contributed by atoms with E-state index in [1.165, 1.54) is 0 Å². The summed E-state index contributed by atoms with van der Waals surface area (Å²) in [6, 6.07) is 0. The molecule has 18 heavy (non-hydrogen) atoms. The SMILES string of the molecule is NCCN(CC(F)(F)F)C(=O)CC1CCCCO1. The van der Waals surface area contributed by atoms with Gasteiger partial charge >= 0.3 is 6.18 Å². The second-order valence-electron chi connectivity index (χ2n) is 4.41. The number of nitrogens with zero attached hydrogens (tertiary/aromatic N) is 1. The summed E-state index contributed by atoms with van der Waals surface area (Å²) in [5, 5.41) is 0. The average molecular weight is 268 g/mol. The van der Waals surface area contributed by atoms with E-state index in [4.69, 9.17) is 10.5 Å². The van der Waals surface area contributed by atoms with Gasteiger partial charge in [0, 0.05) is 19.7 Å². The average Bonchev–Trinajstić information content (AvgIpc) is 2.28. The van der Waals surface area contributed by atoms with E-state index in [9.17, 15) is 18.0 Å². The fraction of sp³-hybridized carbons (Fsp3) is 0.909. The van der Waals surface area contributed by atoms with Crippen LogP contribution in [0, 0.1) is 0 Å². The minimum absolute atomic E-state index is 0.01000. The smallest absolute Gasteiger partial charge is 0.378 e. The maximum atomic E-state index is 12.3. The highest BCUT2D eigenvalue weighted by Crippen LogP contribution is 2.20. The highest BCUT2D eigenvalue weighted by molar-refractivity contribution is 5.76. The van der Waals surface area contributed by atoms with Gasteiger partial charge in [0.1, 0.15) is 6.54 Å². The Kier molecular flexibility index (Phi) is 5.87. The number of carbonyl (C=O) groups excluding carboxylic acids is 1. The first-order chi connectivity index (χ1) is 8.42. The summed E-state index contributed by atoms with van der Waals surface area (Å²) in [5.74, 6) is -0.537. The maximum absolute atomic E-state index is 12.3. The van der Waals surface area contributed by atoms with Crippen LogP contribution in [0.3, 0.4) is 0 Å². The summed E-state index contributed by atoms with van der Waals surface area (Å²) in [6.45, 7) is -0.720. The Morgan fingerprint density at radius 3 is 2.61 bits per heavy atom. The molecule has 1 aliphatic rings. The van der Waals surface area contributed by atoms with Crippen LogP contribution in [0.15, 0.2) is 0 Å². The fourth-order valence-corrected chi connectivity index (χ4v) is 1.96. The van der Waals surface area contributed by atoms with E-state index in [2.05, 4.69) is 0 Å². The van der Waals surface area contributed by atoms with Crippen molar-refractivity contribution >= 4 is 5.91 Å². The van der Waals surface area contributed by atoms with Crippen molar-refractivity contribution < 1.29 is 22.7 Å².